The number of hydrogen-bond donors (Lipinski definition) is 2. The third-order valence-electron chi connectivity index (χ3n) is 4.56. The van der Waals surface area contributed by atoms with Crippen LogP contribution in [0.2, 0.25) is 5.02 Å². The van der Waals surface area contributed by atoms with E-state index in [0.717, 1.165) is 22.5 Å². The van der Waals surface area contributed by atoms with E-state index in [9.17, 15) is 9.59 Å². The highest BCUT2D eigenvalue weighted by atomic mass is 35.5. The molecule has 7 heteroatoms. The highest BCUT2D eigenvalue weighted by Gasteiger charge is 2.07. The SMILES string of the molecule is CNC(=O)c1ccc(/C=C/C(=O)NCc2cccn2-c2ccc(Cl)c(CCl)c2)cc1. The van der Waals surface area contributed by atoms with Gasteiger partial charge in [-0.2, -0.15) is 0 Å². The van der Waals surface area contributed by atoms with Gasteiger partial charge in [-0.15, -0.1) is 11.6 Å². The molecule has 2 N–H and O–H groups in total. The summed E-state index contributed by atoms with van der Waals surface area (Å²) in [6.45, 7) is 0.366. The van der Waals surface area contributed by atoms with Gasteiger partial charge in [-0.3, -0.25) is 9.59 Å². The van der Waals surface area contributed by atoms with E-state index in [0.29, 0.717) is 23.0 Å². The van der Waals surface area contributed by atoms with Gasteiger partial charge < -0.3 is 15.2 Å². The first kappa shape index (κ1) is 21.7. The Bertz CT molecular complexity index is 1070. The van der Waals surface area contributed by atoms with Crippen molar-refractivity contribution in [1.29, 1.82) is 0 Å². The fourth-order valence-electron chi connectivity index (χ4n) is 2.92. The molecule has 1 heterocycles. The summed E-state index contributed by atoms with van der Waals surface area (Å²) in [7, 11) is 1.58. The Morgan fingerprint density at radius 3 is 2.57 bits per heavy atom. The predicted octanol–water partition coefficient (Wildman–Crippen LogP) is 4.56. The van der Waals surface area contributed by atoms with Crippen molar-refractivity contribution in [3.05, 3.63) is 94.3 Å². The minimum absolute atomic E-state index is 0.148. The summed E-state index contributed by atoms with van der Waals surface area (Å²) < 4.78 is 1.98. The molecule has 0 aliphatic heterocycles. The second-order valence-electron chi connectivity index (χ2n) is 6.53. The molecule has 30 heavy (non-hydrogen) atoms. The summed E-state index contributed by atoms with van der Waals surface area (Å²) >= 11 is 12.1. The molecule has 0 atom stereocenters. The molecule has 0 unspecified atom stereocenters. The molecule has 2 amide bonds. The number of carbonyl (C=O) groups excluding carboxylic acids is 2. The smallest absolute Gasteiger partial charge is 0.251 e. The second kappa shape index (κ2) is 10.1. The van der Waals surface area contributed by atoms with Gasteiger partial charge in [0.2, 0.25) is 5.91 Å². The van der Waals surface area contributed by atoms with Crippen LogP contribution in [0.25, 0.3) is 11.8 Å². The Hall–Kier alpha value is -3.02. The second-order valence-corrected chi connectivity index (χ2v) is 7.21. The summed E-state index contributed by atoms with van der Waals surface area (Å²) in [6, 6.07) is 16.5. The average Bonchev–Trinajstić information content (AvgIpc) is 3.25. The molecule has 0 radical (unpaired) electrons. The minimum atomic E-state index is -0.212. The van der Waals surface area contributed by atoms with Crippen LogP contribution in [0, 0.1) is 0 Å². The molecule has 0 spiro atoms. The topological polar surface area (TPSA) is 63.1 Å². The number of benzene rings is 2. The quantitative estimate of drug-likeness (QED) is 0.416. The zero-order chi connectivity index (χ0) is 21.5. The van der Waals surface area contributed by atoms with Gasteiger partial charge in [-0.05, 0) is 59.7 Å². The normalized spacial score (nSPS) is 10.9. The Morgan fingerprint density at radius 1 is 1.10 bits per heavy atom. The summed E-state index contributed by atoms with van der Waals surface area (Å²) in [5, 5.41) is 6.08. The molecular formula is C23H21Cl2N3O2. The van der Waals surface area contributed by atoms with Crippen LogP contribution in [0.5, 0.6) is 0 Å². The molecular weight excluding hydrogens is 421 g/mol. The van der Waals surface area contributed by atoms with E-state index in [-0.39, 0.29) is 11.8 Å². The largest absolute Gasteiger partial charge is 0.355 e. The highest BCUT2D eigenvalue weighted by molar-refractivity contribution is 6.32. The standard InChI is InChI=1S/C23H21Cl2N3O2/c1-26-23(30)17-7-4-16(5-8-17)6-11-22(29)27-15-20-3-2-12-28(20)19-9-10-21(25)18(13-19)14-24/h2-13H,14-15H2,1H3,(H,26,30)(H,27,29)/b11-6+. The van der Waals surface area contributed by atoms with E-state index in [2.05, 4.69) is 10.6 Å². The van der Waals surface area contributed by atoms with Gasteiger partial charge in [0.1, 0.15) is 0 Å². The first-order chi connectivity index (χ1) is 14.5. The van der Waals surface area contributed by atoms with Crippen molar-refractivity contribution in [3.8, 4) is 5.69 Å². The lowest BCUT2D eigenvalue weighted by Crippen LogP contribution is -2.21. The molecule has 5 nitrogen and oxygen atoms in total. The number of alkyl halides is 1. The number of halogens is 2. The first-order valence-electron chi connectivity index (χ1n) is 9.31. The molecule has 0 aliphatic carbocycles. The summed E-state index contributed by atoms with van der Waals surface area (Å²) in [5.74, 6) is -0.0321. The van der Waals surface area contributed by atoms with Crippen molar-refractivity contribution >= 4 is 41.1 Å². The van der Waals surface area contributed by atoms with E-state index >= 15 is 0 Å². The maximum Gasteiger partial charge on any atom is 0.251 e. The number of nitrogens with one attached hydrogen (secondary N) is 2. The lowest BCUT2D eigenvalue weighted by atomic mass is 10.1. The minimum Gasteiger partial charge on any atom is -0.355 e. The Kier molecular flexibility index (Phi) is 7.33. The molecule has 0 saturated carbocycles. The van der Waals surface area contributed by atoms with Crippen molar-refractivity contribution < 1.29 is 9.59 Å². The Balaban J connectivity index is 1.63. The molecule has 154 valence electrons. The van der Waals surface area contributed by atoms with Crippen LogP contribution in [-0.4, -0.2) is 23.4 Å². The third-order valence-corrected chi connectivity index (χ3v) is 5.21. The van der Waals surface area contributed by atoms with Gasteiger partial charge >= 0.3 is 0 Å². The number of nitrogens with zero attached hydrogens (tertiary/aromatic N) is 1. The van der Waals surface area contributed by atoms with Crippen molar-refractivity contribution in [2.45, 2.75) is 12.4 Å². The van der Waals surface area contributed by atoms with E-state index in [1.54, 1.807) is 37.4 Å². The van der Waals surface area contributed by atoms with Gasteiger partial charge in [-0.1, -0.05) is 23.7 Å². The molecule has 3 rings (SSSR count). The number of amides is 2. The van der Waals surface area contributed by atoms with Gasteiger partial charge in [0.25, 0.3) is 5.91 Å². The number of rotatable bonds is 7. The zero-order valence-corrected chi connectivity index (χ0v) is 17.9. The number of hydrogen-bond acceptors (Lipinski definition) is 2. The lowest BCUT2D eigenvalue weighted by Gasteiger charge is -2.11. The molecule has 1 aromatic heterocycles. The molecule has 2 aromatic carbocycles. The van der Waals surface area contributed by atoms with Crippen molar-refractivity contribution in [1.82, 2.24) is 15.2 Å². The maximum atomic E-state index is 12.2. The van der Waals surface area contributed by atoms with Crippen LogP contribution in [-0.2, 0) is 17.2 Å². The van der Waals surface area contributed by atoms with Crippen molar-refractivity contribution in [2.24, 2.45) is 0 Å². The zero-order valence-electron chi connectivity index (χ0n) is 16.4. The Morgan fingerprint density at radius 2 is 1.87 bits per heavy atom. The van der Waals surface area contributed by atoms with Crippen LogP contribution in [0.3, 0.4) is 0 Å². The van der Waals surface area contributed by atoms with E-state index in [4.69, 9.17) is 23.2 Å². The molecule has 0 bridgehead atoms. The summed E-state index contributed by atoms with van der Waals surface area (Å²) in [4.78, 5) is 23.8. The summed E-state index contributed by atoms with van der Waals surface area (Å²) in [6.07, 6.45) is 5.09. The molecule has 0 fully saturated rings. The van der Waals surface area contributed by atoms with Gasteiger partial charge in [0.05, 0.1) is 6.54 Å². The van der Waals surface area contributed by atoms with Crippen molar-refractivity contribution in [2.75, 3.05) is 7.05 Å². The maximum absolute atomic E-state index is 12.2. The van der Waals surface area contributed by atoms with E-state index in [1.165, 1.54) is 6.08 Å². The number of carbonyl (C=O) groups is 2. The monoisotopic (exact) mass is 441 g/mol. The molecule has 0 saturated heterocycles. The van der Waals surface area contributed by atoms with Crippen LogP contribution in [0.1, 0.15) is 27.2 Å². The predicted molar refractivity (Wildman–Crippen MR) is 121 cm³/mol. The Labute approximate surface area is 185 Å². The average molecular weight is 442 g/mol. The number of aromatic nitrogens is 1. The van der Waals surface area contributed by atoms with Gasteiger partial charge in [0.15, 0.2) is 0 Å². The fraction of sp³-hybridized carbons (Fsp3) is 0.130. The van der Waals surface area contributed by atoms with Crippen molar-refractivity contribution in [3.63, 3.8) is 0 Å². The highest BCUT2D eigenvalue weighted by Crippen LogP contribution is 2.22. The van der Waals surface area contributed by atoms with Crippen LogP contribution in [0.15, 0.2) is 66.9 Å². The van der Waals surface area contributed by atoms with E-state index in [1.807, 2.05) is 41.1 Å². The molecule has 3 aromatic rings. The molecule has 0 aliphatic rings. The van der Waals surface area contributed by atoms with Crippen LogP contribution in [0.4, 0.5) is 0 Å². The lowest BCUT2D eigenvalue weighted by molar-refractivity contribution is -0.116. The first-order valence-corrected chi connectivity index (χ1v) is 10.2. The fourth-order valence-corrected chi connectivity index (χ4v) is 3.40. The van der Waals surface area contributed by atoms with Gasteiger partial charge in [-0.25, -0.2) is 0 Å². The third kappa shape index (κ3) is 5.32. The van der Waals surface area contributed by atoms with Gasteiger partial charge in [0, 0.05) is 47.2 Å². The summed E-state index contributed by atoms with van der Waals surface area (Å²) in [5.41, 5.74) is 4.10. The van der Waals surface area contributed by atoms with Crippen LogP contribution >= 0.6 is 23.2 Å². The van der Waals surface area contributed by atoms with E-state index < -0.39 is 0 Å². The van der Waals surface area contributed by atoms with Crippen LogP contribution < -0.4 is 10.6 Å².